The van der Waals surface area contributed by atoms with Crippen molar-refractivity contribution in [2.45, 2.75) is 32.3 Å². The van der Waals surface area contributed by atoms with Gasteiger partial charge in [0.05, 0.1) is 0 Å². The molecule has 2 nitrogen and oxygen atoms in total. The summed E-state index contributed by atoms with van der Waals surface area (Å²) in [5.74, 6) is -0.168. The Morgan fingerprint density at radius 1 is 1.78 bits per heavy atom. The van der Waals surface area contributed by atoms with Crippen molar-refractivity contribution in [3.63, 3.8) is 0 Å². The monoisotopic (exact) mass is 127 g/mol. The molecule has 0 amide bonds. The number of hydrogen-bond acceptors (Lipinski definition) is 2. The Labute approximate surface area is 55.2 Å². The lowest BCUT2D eigenvalue weighted by molar-refractivity contribution is -0.144. The van der Waals surface area contributed by atoms with Gasteiger partial charge in [-0.1, -0.05) is 0 Å². The second-order valence-electron chi connectivity index (χ2n) is 2.31. The van der Waals surface area contributed by atoms with Crippen LogP contribution in [0.5, 0.6) is 0 Å². The van der Waals surface area contributed by atoms with Crippen LogP contribution in [0.15, 0.2) is 0 Å². The van der Waals surface area contributed by atoms with Crippen LogP contribution in [0, 0.1) is 6.42 Å². The molecule has 0 aromatic heterocycles. The summed E-state index contributed by atoms with van der Waals surface area (Å²) < 4.78 is 4.92. The SMILES string of the molecule is CC(=O)OC1[CH]CCC1. The first-order valence-electron chi connectivity index (χ1n) is 3.29. The smallest absolute Gasteiger partial charge is 0.302 e. The Hall–Kier alpha value is -0.530. The summed E-state index contributed by atoms with van der Waals surface area (Å²) in [5, 5.41) is 0. The number of ether oxygens (including phenoxy) is 1. The second-order valence-corrected chi connectivity index (χ2v) is 2.31. The molecule has 1 radical (unpaired) electrons. The van der Waals surface area contributed by atoms with Gasteiger partial charge in [0, 0.05) is 13.3 Å². The van der Waals surface area contributed by atoms with E-state index in [9.17, 15) is 4.79 Å². The van der Waals surface area contributed by atoms with Crippen molar-refractivity contribution < 1.29 is 9.53 Å². The molecule has 1 unspecified atom stereocenters. The first-order valence-corrected chi connectivity index (χ1v) is 3.29. The van der Waals surface area contributed by atoms with Crippen molar-refractivity contribution in [3.05, 3.63) is 6.42 Å². The second kappa shape index (κ2) is 2.85. The summed E-state index contributed by atoms with van der Waals surface area (Å²) in [6.45, 7) is 1.45. The van der Waals surface area contributed by atoms with Gasteiger partial charge < -0.3 is 4.74 Å². The molecule has 9 heavy (non-hydrogen) atoms. The van der Waals surface area contributed by atoms with E-state index >= 15 is 0 Å². The van der Waals surface area contributed by atoms with Crippen molar-refractivity contribution in [1.29, 1.82) is 0 Å². The maximum atomic E-state index is 10.4. The lowest BCUT2D eigenvalue weighted by atomic mass is 10.3. The van der Waals surface area contributed by atoms with Gasteiger partial charge in [0.1, 0.15) is 6.10 Å². The van der Waals surface area contributed by atoms with Crippen LogP contribution >= 0.6 is 0 Å². The van der Waals surface area contributed by atoms with Crippen molar-refractivity contribution in [1.82, 2.24) is 0 Å². The molecule has 1 fully saturated rings. The van der Waals surface area contributed by atoms with Gasteiger partial charge in [-0.05, 0) is 19.3 Å². The van der Waals surface area contributed by atoms with Crippen LogP contribution in [0.3, 0.4) is 0 Å². The van der Waals surface area contributed by atoms with Gasteiger partial charge in [-0.15, -0.1) is 0 Å². The van der Waals surface area contributed by atoms with Crippen molar-refractivity contribution in [2.75, 3.05) is 0 Å². The van der Waals surface area contributed by atoms with E-state index in [0.29, 0.717) is 0 Å². The third kappa shape index (κ3) is 2.04. The van der Waals surface area contributed by atoms with Crippen molar-refractivity contribution in [3.8, 4) is 0 Å². The van der Waals surface area contributed by atoms with E-state index in [0.717, 1.165) is 19.3 Å². The average molecular weight is 127 g/mol. The zero-order chi connectivity index (χ0) is 6.69. The van der Waals surface area contributed by atoms with Crippen LogP contribution < -0.4 is 0 Å². The maximum Gasteiger partial charge on any atom is 0.302 e. The minimum absolute atomic E-state index is 0.113. The molecular formula is C7H11O2. The highest BCUT2D eigenvalue weighted by molar-refractivity contribution is 5.66. The summed E-state index contributed by atoms with van der Waals surface area (Å²) in [6, 6.07) is 0. The van der Waals surface area contributed by atoms with Crippen LogP contribution in [0.2, 0.25) is 0 Å². The normalized spacial score (nSPS) is 20.1. The van der Waals surface area contributed by atoms with E-state index < -0.39 is 0 Å². The lowest BCUT2D eigenvalue weighted by Crippen LogP contribution is -2.11. The van der Waals surface area contributed by atoms with Gasteiger partial charge in [0.15, 0.2) is 0 Å². The van der Waals surface area contributed by atoms with E-state index in [1.807, 2.05) is 0 Å². The molecular weight excluding hydrogens is 116 g/mol. The first-order chi connectivity index (χ1) is 4.29. The fraction of sp³-hybridized carbons (Fsp3) is 0.714. The number of carbonyl (C=O) groups is 1. The van der Waals surface area contributed by atoms with Gasteiger partial charge in [-0.25, -0.2) is 0 Å². The Bertz CT molecular complexity index is 103. The van der Waals surface area contributed by atoms with E-state index in [4.69, 9.17) is 4.74 Å². The Balaban J connectivity index is 2.19. The van der Waals surface area contributed by atoms with Crippen molar-refractivity contribution >= 4 is 5.97 Å². The summed E-state index contributed by atoms with van der Waals surface area (Å²) in [4.78, 5) is 10.4. The quantitative estimate of drug-likeness (QED) is 0.496. The molecule has 1 aliphatic rings. The fourth-order valence-electron chi connectivity index (χ4n) is 1.06. The molecule has 0 bridgehead atoms. The predicted octanol–water partition coefficient (Wildman–Crippen LogP) is 1.31. The molecule has 0 spiro atoms. The first kappa shape index (κ1) is 6.59. The highest BCUT2D eigenvalue weighted by atomic mass is 16.5. The Morgan fingerprint density at radius 3 is 3.00 bits per heavy atom. The molecule has 0 aromatic rings. The molecule has 1 rings (SSSR count). The highest BCUT2D eigenvalue weighted by Crippen LogP contribution is 2.19. The van der Waals surface area contributed by atoms with Crippen LogP contribution in [-0.2, 0) is 9.53 Å². The minimum Gasteiger partial charge on any atom is -0.462 e. The molecule has 1 aliphatic carbocycles. The average Bonchev–Trinajstić information content (AvgIpc) is 2.15. The molecule has 51 valence electrons. The van der Waals surface area contributed by atoms with Crippen LogP contribution in [0.4, 0.5) is 0 Å². The number of rotatable bonds is 1. The van der Waals surface area contributed by atoms with Crippen LogP contribution in [0.1, 0.15) is 26.2 Å². The van der Waals surface area contributed by atoms with E-state index in [2.05, 4.69) is 6.42 Å². The summed E-state index contributed by atoms with van der Waals surface area (Å²) in [6.07, 6.45) is 5.44. The van der Waals surface area contributed by atoms with Crippen LogP contribution in [0.25, 0.3) is 0 Å². The molecule has 0 aliphatic heterocycles. The summed E-state index contributed by atoms with van der Waals surface area (Å²) in [5.41, 5.74) is 0. The largest absolute Gasteiger partial charge is 0.462 e. The van der Waals surface area contributed by atoms with Gasteiger partial charge in [-0.2, -0.15) is 0 Å². The maximum absolute atomic E-state index is 10.4. The van der Waals surface area contributed by atoms with Crippen molar-refractivity contribution in [2.24, 2.45) is 0 Å². The van der Waals surface area contributed by atoms with E-state index in [1.54, 1.807) is 0 Å². The molecule has 0 heterocycles. The Morgan fingerprint density at radius 2 is 2.56 bits per heavy atom. The third-order valence-corrected chi connectivity index (χ3v) is 1.44. The standard InChI is InChI=1S/C7H11O2/c1-6(8)9-7-4-2-3-5-7/h4,7H,2-3,5H2,1H3. The minimum atomic E-state index is -0.168. The van der Waals surface area contributed by atoms with E-state index in [1.165, 1.54) is 6.92 Å². The molecule has 2 heteroatoms. The number of esters is 1. The zero-order valence-electron chi connectivity index (χ0n) is 5.59. The van der Waals surface area contributed by atoms with Gasteiger partial charge in [-0.3, -0.25) is 4.79 Å². The molecule has 0 N–H and O–H groups in total. The molecule has 0 saturated heterocycles. The summed E-state index contributed by atoms with van der Waals surface area (Å²) in [7, 11) is 0. The predicted molar refractivity (Wildman–Crippen MR) is 33.7 cm³/mol. The Kier molecular flexibility index (Phi) is 2.09. The summed E-state index contributed by atoms with van der Waals surface area (Å²) >= 11 is 0. The molecule has 1 atom stereocenters. The lowest BCUT2D eigenvalue weighted by Gasteiger charge is -2.07. The number of hydrogen-bond donors (Lipinski definition) is 0. The van der Waals surface area contributed by atoms with Gasteiger partial charge >= 0.3 is 5.97 Å². The topological polar surface area (TPSA) is 26.3 Å². The number of carbonyl (C=O) groups excluding carboxylic acids is 1. The fourth-order valence-corrected chi connectivity index (χ4v) is 1.06. The van der Waals surface area contributed by atoms with Crippen LogP contribution in [-0.4, -0.2) is 12.1 Å². The van der Waals surface area contributed by atoms with Gasteiger partial charge in [0.25, 0.3) is 0 Å². The zero-order valence-corrected chi connectivity index (χ0v) is 5.59. The van der Waals surface area contributed by atoms with E-state index in [-0.39, 0.29) is 12.1 Å². The third-order valence-electron chi connectivity index (χ3n) is 1.44. The molecule has 0 aromatic carbocycles. The van der Waals surface area contributed by atoms with Gasteiger partial charge in [0.2, 0.25) is 0 Å². The highest BCUT2D eigenvalue weighted by Gasteiger charge is 2.17. The molecule has 1 saturated carbocycles.